The number of nitrogens with one attached hydrogen (secondary N) is 1. The molecule has 1 aliphatic carbocycles. The van der Waals surface area contributed by atoms with Crippen molar-refractivity contribution >= 4 is 29.1 Å². The molecular weight excluding hydrogens is 429 g/mol. The second-order valence-electron chi connectivity index (χ2n) is 8.76. The molecule has 6 heteroatoms. The monoisotopic (exact) mass is 453 g/mol. The van der Waals surface area contributed by atoms with Crippen molar-refractivity contribution in [2.75, 3.05) is 6.54 Å². The fourth-order valence-electron chi connectivity index (χ4n) is 4.93. The first-order valence-corrected chi connectivity index (χ1v) is 11.6. The molecule has 3 aromatic rings. The lowest BCUT2D eigenvalue weighted by atomic mass is 9.92. The van der Waals surface area contributed by atoms with E-state index in [-0.39, 0.29) is 17.9 Å². The maximum atomic E-state index is 13.2. The smallest absolute Gasteiger partial charge is 0.226 e. The Labute approximate surface area is 192 Å². The molecule has 0 saturated carbocycles. The van der Waals surface area contributed by atoms with Gasteiger partial charge in [-0.15, -0.1) is 0 Å². The summed E-state index contributed by atoms with van der Waals surface area (Å²) >= 11 is 13.3. The third kappa shape index (κ3) is 3.99. The fraction of sp³-hybridized carbons (Fsp3) is 0.360. The Kier molecular flexibility index (Phi) is 5.53. The van der Waals surface area contributed by atoms with Crippen LogP contribution in [0.5, 0.6) is 0 Å². The molecule has 1 amide bonds. The van der Waals surface area contributed by atoms with Crippen LogP contribution in [0.2, 0.25) is 10.0 Å². The minimum atomic E-state index is -0.0639. The van der Waals surface area contributed by atoms with Gasteiger partial charge in [0.2, 0.25) is 5.91 Å². The standard InChI is InChI=1S/C25H25Cl2N3O/c1-15-2-4-16(5-3-15)18-12-22(26)21(23(27)13-18)11-17-8-9-30(25(17)31)20-6-7-24-19(10-20)14-28-29-24/h2-5,12-14,17,20H,6-11H2,1H3,(H,28,29)/t17-,20-/m0/s1. The lowest BCUT2D eigenvalue weighted by Crippen LogP contribution is -2.41. The minimum absolute atomic E-state index is 0.0639. The molecule has 1 N–H and O–H groups in total. The molecule has 160 valence electrons. The molecule has 1 fully saturated rings. The van der Waals surface area contributed by atoms with E-state index in [4.69, 9.17) is 23.2 Å². The van der Waals surface area contributed by atoms with Crippen molar-refractivity contribution in [2.24, 2.45) is 5.92 Å². The molecule has 1 aliphatic heterocycles. The Morgan fingerprint density at radius 3 is 2.58 bits per heavy atom. The van der Waals surface area contributed by atoms with Gasteiger partial charge >= 0.3 is 0 Å². The van der Waals surface area contributed by atoms with Crippen LogP contribution in [0.3, 0.4) is 0 Å². The van der Waals surface area contributed by atoms with E-state index in [9.17, 15) is 4.79 Å². The van der Waals surface area contributed by atoms with Gasteiger partial charge in [-0.2, -0.15) is 5.10 Å². The summed E-state index contributed by atoms with van der Waals surface area (Å²) in [6.07, 6.45) is 6.19. The lowest BCUT2D eigenvalue weighted by Gasteiger charge is -2.31. The molecule has 2 aromatic carbocycles. The zero-order valence-corrected chi connectivity index (χ0v) is 19.0. The quantitative estimate of drug-likeness (QED) is 0.555. The molecule has 2 aliphatic rings. The average Bonchev–Trinajstić information content (AvgIpc) is 3.37. The van der Waals surface area contributed by atoms with Crippen LogP contribution in [0.1, 0.15) is 35.2 Å². The number of aromatic nitrogens is 2. The number of fused-ring (bicyclic) bond motifs is 1. The molecule has 0 unspecified atom stereocenters. The van der Waals surface area contributed by atoms with Gasteiger partial charge in [0.15, 0.2) is 0 Å². The third-order valence-electron chi connectivity index (χ3n) is 6.75. The van der Waals surface area contributed by atoms with Crippen LogP contribution in [0, 0.1) is 12.8 Å². The number of H-pyrrole nitrogens is 1. The van der Waals surface area contributed by atoms with Crippen LogP contribution in [0.25, 0.3) is 11.1 Å². The highest BCUT2D eigenvalue weighted by molar-refractivity contribution is 6.36. The van der Waals surface area contributed by atoms with Crippen molar-refractivity contribution in [1.29, 1.82) is 0 Å². The van der Waals surface area contributed by atoms with Crippen molar-refractivity contribution in [3.05, 3.63) is 75.0 Å². The van der Waals surface area contributed by atoms with E-state index in [1.165, 1.54) is 11.1 Å². The SMILES string of the molecule is Cc1ccc(-c2cc(Cl)c(C[C@@H]3CCN([C@H]4CCc5n[nH]cc5C4)C3=O)c(Cl)c2)cc1. The first-order chi connectivity index (χ1) is 15.0. The number of hydrogen-bond donors (Lipinski definition) is 1. The molecule has 2 heterocycles. The number of carbonyl (C=O) groups is 1. The summed E-state index contributed by atoms with van der Waals surface area (Å²) in [5.41, 5.74) is 6.55. The summed E-state index contributed by atoms with van der Waals surface area (Å²) in [4.78, 5) is 15.3. The molecule has 4 nitrogen and oxygen atoms in total. The Hall–Kier alpha value is -2.30. The summed E-state index contributed by atoms with van der Waals surface area (Å²) in [6, 6.07) is 12.5. The van der Waals surface area contributed by atoms with Gasteiger partial charge in [-0.25, -0.2) is 0 Å². The molecule has 0 bridgehead atoms. The Morgan fingerprint density at radius 2 is 1.84 bits per heavy atom. The molecule has 5 rings (SSSR count). The molecule has 31 heavy (non-hydrogen) atoms. The summed E-state index contributed by atoms with van der Waals surface area (Å²) < 4.78 is 0. The summed E-state index contributed by atoms with van der Waals surface area (Å²) in [7, 11) is 0. The Morgan fingerprint density at radius 1 is 1.10 bits per heavy atom. The van der Waals surface area contributed by atoms with E-state index in [0.717, 1.165) is 54.6 Å². The number of halogens is 2. The van der Waals surface area contributed by atoms with Crippen LogP contribution >= 0.6 is 23.2 Å². The molecule has 0 radical (unpaired) electrons. The van der Waals surface area contributed by atoms with E-state index < -0.39 is 0 Å². The Bertz CT molecular complexity index is 1100. The van der Waals surface area contributed by atoms with Gasteiger partial charge in [-0.05, 0) is 73.4 Å². The number of benzene rings is 2. The molecule has 2 atom stereocenters. The highest BCUT2D eigenvalue weighted by Crippen LogP contribution is 2.36. The number of hydrogen-bond acceptors (Lipinski definition) is 2. The van der Waals surface area contributed by atoms with Gasteiger partial charge in [0.1, 0.15) is 0 Å². The lowest BCUT2D eigenvalue weighted by molar-refractivity contribution is -0.133. The average molecular weight is 454 g/mol. The van der Waals surface area contributed by atoms with Crippen LogP contribution in [0.4, 0.5) is 0 Å². The highest BCUT2D eigenvalue weighted by Gasteiger charge is 2.38. The van der Waals surface area contributed by atoms with Crippen molar-refractivity contribution < 1.29 is 4.79 Å². The van der Waals surface area contributed by atoms with Gasteiger partial charge in [0, 0.05) is 34.7 Å². The minimum Gasteiger partial charge on any atom is -0.339 e. The van der Waals surface area contributed by atoms with E-state index >= 15 is 0 Å². The van der Waals surface area contributed by atoms with E-state index in [2.05, 4.69) is 46.3 Å². The largest absolute Gasteiger partial charge is 0.339 e. The molecule has 1 aromatic heterocycles. The number of carbonyl (C=O) groups excluding carboxylic acids is 1. The fourth-order valence-corrected chi connectivity index (χ4v) is 5.58. The molecule has 1 saturated heterocycles. The van der Waals surface area contributed by atoms with Crippen LogP contribution < -0.4 is 0 Å². The van der Waals surface area contributed by atoms with E-state index in [1.807, 2.05) is 18.3 Å². The predicted molar refractivity (Wildman–Crippen MR) is 125 cm³/mol. The van der Waals surface area contributed by atoms with Gasteiger partial charge in [0.05, 0.1) is 5.69 Å². The third-order valence-corrected chi connectivity index (χ3v) is 7.42. The van der Waals surface area contributed by atoms with Crippen LogP contribution in [0.15, 0.2) is 42.6 Å². The summed E-state index contributed by atoms with van der Waals surface area (Å²) in [6.45, 7) is 2.87. The number of rotatable bonds is 4. The van der Waals surface area contributed by atoms with Crippen molar-refractivity contribution in [1.82, 2.24) is 15.1 Å². The zero-order chi connectivity index (χ0) is 21.5. The number of aromatic amines is 1. The van der Waals surface area contributed by atoms with Gasteiger partial charge < -0.3 is 4.90 Å². The number of amides is 1. The number of likely N-dealkylation sites (tertiary alicyclic amines) is 1. The van der Waals surface area contributed by atoms with Crippen molar-refractivity contribution in [2.45, 2.75) is 45.1 Å². The highest BCUT2D eigenvalue weighted by atomic mass is 35.5. The Balaban J connectivity index is 1.31. The zero-order valence-electron chi connectivity index (χ0n) is 17.5. The molecule has 0 spiro atoms. The van der Waals surface area contributed by atoms with Gasteiger partial charge in [-0.1, -0.05) is 53.0 Å². The first-order valence-electron chi connectivity index (χ1n) is 10.9. The van der Waals surface area contributed by atoms with E-state index in [1.54, 1.807) is 0 Å². The maximum absolute atomic E-state index is 13.2. The maximum Gasteiger partial charge on any atom is 0.226 e. The van der Waals surface area contributed by atoms with Crippen molar-refractivity contribution in [3.8, 4) is 11.1 Å². The van der Waals surface area contributed by atoms with Crippen molar-refractivity contribution in [3.63, 3.8) is 0 Å². The predicted octanol–water partition coefficient (Wildman–Crippen LogP) is 5.64. The van der Waals surface area contributed by atoms with Gasteiger partial charge in [-0.3, -0.25) is 9.89 Å². The summed E-state index contributed by atoms with van der Waals surface area (Å²) in [5.74, 6) is 0.165. The van der Waals surface area contributed by atoms with Crippen LogP contribution in [-0.2, 0) is 24.1 Å². The van der Waals surface area contributed by atoms with E-state index in [0.29, 0.717) is 16.5 Å². The second kappa shape index (κ2) is 8.33. The van der Waals surface area contributed by atoms with Crippen LogP contribution in [-0.4, -0.2) is 33.6 Å². The second-order valence-corrected chi connectivity index (χ2v) is 9.57. The summed E-state index contributed by atoms with van der Waals surface area (Å²) in [5, 5.41) is 8.52. The first kappa shape index (κ1) is 20.6. The molecular formula is C25H25Cl2N3O. The number of nitrogens with zero attached hydrogens (tertiary/aromatic N) is 2. The number of aryl methyl sites for hydroxylation is 2. The normalized spacial score (nSPS) is 20.9. The topological polar surface area (TPSA) is 49.0 Å². The van der Waals surface area contributed by atoms with Gasteiger partial charge in [0.25, 0.3) is 0 Å².